The van der Waals surface area contributed by atoms with Gasteiger partial charge in [-0.1, -0.05) is 18.2 Å². The van der Waals surface area contributed by atoms with E-state index in [1.807, 2.05) is 4.72 Å². The molecule has 0 bridgehead atoms. The molecule has 0 saturated carbocycles. The van der Waals surface area contributed by atoms with Gasteiger partial charge in [0.05, 0.1) is 20.2 Å². The van der Waals surface area contributed by atoms with Gasteiger partial charge >= 0.3 is 6.18 Å². The number of benzene rings is 2. The fourth-order valence-electron chi connectivity index (χ4n) is 3.89. The summed E-state index contributed by atoms with van der Waals surface area (Å²) < 4.78 is 70.4. The highest BCUT2D eigenvalue weighted by molar-refractivity contribution is 7.98. The van der Waals surface area contributed by atoms with Crippen LogP contribution in [-0.4, -0.2) is 20.6 Å². The van der Waals surface area contributed by atoms with Crippen LogP contribution in [-0.2, 0) is 22.4 Å². The zero-order chi connectivity index (χ0) is 28.4. The average Bonchev–Trinajstić information content (AvgIpc) is 2.82. The van der Waals surface area contributed by atoms with Crippen LogP contribution in [0.1, 0.15) is 47.1 Å². The summed E-state index contributed by atoms with van der Waals surface area (Å²) in [5.74, 6) is 1.68. The number of amides is 1. The van der Waals surface area contributed by atoms with E-state index in [9.17, 15) is 31.4 Å². The highest BCUT2D eigenvalue weighted by Crippen LogP contribution is 2.32. The van der Waals surface area contributed by atoms with Gasteiger partial charge in [0.1, 0.15) is 11.4 Å². The molecule has 12 heteroatoms. The number of hydrogen-bond donors (Lipinski definition) is 2. The molecule has 0 aliphatic carbocycles. The van der Waals surface area contributed by atoms with E-state index >= 15 is 0 Å². The van der Waals surface area contributed by atoms with Gasteiger partial charge in [0.25, 0.3) is 5.91 Å². The van der Waals surface area contributed by atoms with Crippen molar-refractivity contribution in [3.63, 3.8) is 0 Å². The predicted molar refractivity (Wildman–Crippen MR) is 136 cm³/mol. The number of nitrogens with one attached hydrogen (secondary N) is 2. The molecule has 1 unspecified atom stereocenters. The lowest BCUT2D eigenvalue weighted by Crippen LogP contribution is -2.31. The molecule has 0 saturated heterocycles. The largest absolute Gasteiger partial charge is 0.416 e. The Labute approximate surface area is 216 Å². The maximum atomic E-state index is 14.6. The highest BCUT2D eigenvalue weighted by Gasteiger charge is 2.31. The van der Waals surface area contributed by atoms with Crippen molar-refractivity contribution in [2.45, 2.75) is 44.4 Å². The molecule has 3 aromatic rings. The van der Waals surface area contributed by atoms with Crippen LogP contribution in [0, 0.1) is 24.2 Å². The summed E-state index contributed by atoms with van der Waals surface area (Å²) >= 11 is 0. The fraction of sp³-hybridized carbons (Fsp3) is 0.231. The first-order chi connectivity index (χ1) is 17.7. The molecule has 1 heterocycles. The lowest BCUT2D eigenvalue weighted by Gasteiger charge is -2.20. The summed E-state index contributed by atoms with van der Waals surface area (Å²) in [7, 11) is -3.24. The van der Waals surface area contributed by atoms with E-state index in [1.54, 1.807) is 25.3 Å². The van der Waals surface area contributed by atoms with Crippen molar-refractivity contribution in [1.82, 2.24) is 14.6 Å². The van der Waals surface area contributed by atoms with Crippen molar-refractivity contribution in [1.29, 1.82) is 5.26 Å². The zero-order valence-electron chi connectivity index (χ0n) is 20.6. The van der Waals surface area contributed by atoms with E-state index in [-0.39, 0.29) is 39.7 Å². The van der Waals surface area contributed by atoms with Gasteiger partial charge in [-0.15, -0.1) is 0 Å². The second kappa shape index (κ2) is 10.7. The third kappa shape index (κ3) is 5.89. The molecule has 0 aliphatic heterocycles. The molecule has 7 nitrogen and oxygen atoms in total. The van der Waals surface area contributed by atoms with E-state index in [0.717, 1.165) is 18.2 Å². The topological polar surface area (TPSA) is 104 Å². The number of carbonyl (C=O) groups excluding carboxylic acids is 1. The average molecular weight is 549 g/mol. The molecular weight excluding hydrogens is 524 g/mol. The summed E-state index contributed by atoms with van der Waals surface area (Å²) in [5, 5.41) is 11.1. The molecule has 0 fully saturated rings. The van der Waals surface area contributed by atoms with Crippen LogP contribution in [0.3, 0.4) is 0 Å². The van der Waals surface area contributed by atoms with Crippen LogP contribution in [0.5, 0.6) is 0 Å². The molecule has 2 aromatic carbocycles. The van der Waals surface area contributed by atoms with E-state index in [0.29, 0.717) is 5.69 Å². The molecule has 3 rings (SSSR count). The number of pyridine rings is 1. The van der Waals surface area contributed by atoms with Gasteiger partial charge in [-0.25, -0.2) is 13.3 Å². The molecular formula is C26H24F4N4O3S. The number of nitrogens with zero attached hydrogens (tertiary/aromatic N) is 2. The van der Waals surface area contributed by atoms with Gasteiger partial charge < -0.3 is 9.88 Å². The van der Waals surface area contributed by atoms with Crippen LogP contribution in [0.2, 0.25) is 0 Å². The third-order valence-electron chi connectivity index (χ3n) is 5.82. The van der Waals surface area contributed by atoms with Gasteiger partial charge in [0.15, 0.2) is 6.19 Å². The molecule has 0 radical (unpaired) electrons. The Kier molecular flexibility index (Phi) is 8.02. The van der Waals surface area contributed by atoms with Gasteiger partial charge in [0.2, 0.25) is 5.43 Å². The number of halogens is 4. The van der Waals surface area contributed by atoms with E-state index < -0.39 is 38.6 Å². The number of hydrogen-bond acceptors (Lipinski definition) is 4. The zero-order valence-corrected chi connectivity index (χ0v) is 21.5. The minimum absolute atomic E-state index is 0.00339. The summed E-state index contributed by atoms with van der Waals surface area (Å²) in [6.45, 7) is 4.81. The Morgan fingerprint density at radius 1 is 1.21 bits per heavy atom. The Morgan fingerprint density at radius 3 is 2.47 bits per heavy atom. The van der Waals surface area contributed by atoms with Gasteiger partial charge in [-0.05, 0) is 56.5 Å². The van der Waals surface area contributed by atoms with Crippen molar-refractivity contribution < 1.29 is 26.6 Å². The minimum atomic E-state index is -4.62. The Bertz CT molecular complexity index is 1600. The molecule has 0 aliphatic rings. The lowest BCUT2D eigenvalue weighted by molar-refractivity contribution is -0.137. The number of aromatic nitrogens is 1. The first kappa shape index (κ1) is 28.5. The molecule has 0 spiro atoms. The maximum Gasteiger partial charge on any atom is 0.416 e. The smallest absolute Gasteiger partial charge is 0.348 e. The molecule has 1 amide bonds. The summed E-state index contributed by atoms with van der Waals surface area (Å²) in [4.78, 5) is 26.3. The molecule has 1 aromatic heterocycles. The predicted octanol–water partition coefficient (Wildman–Crippen LogP) is 4.55. The van der Waals surface area contributed by atoms with Crippen molar-refractivity contribution in [3.8, 4) is 17.3 Å². The highest BCUT2D eigenvalue weighted by atomic mass is 32.2. The summed E-state index contributed by atoms with van der Waals surface area (Å²) in [6, 6.07) is 7.52. The number of rotatable bonds is 7. The second-order valence-corrected chi connectivity index (χ2v) is 10.8. The second-order valence-electron chi connectivity index (χ2n) is 8.74. The third-order valence-corrected chi connectivity index (χ3v) is 7.26. The minimum Gasteiger partial charge on any atom is -0.348 e. The molecule has 38 heavy (non-hydrogen) atoms. The van der Waals surface area contributed by atoms with E-state index in [4.69, 9.17) is 5.26 Å². The van der Waals surface area contributed by atoms with Crippen LogP contribution in [0.4, 0.5) is 17.6 Å². The van der Waals surface area contributed by atoms with Crippen LogP contribution < -0.4 is 15.5 Å². The SMILES string of the molecule is C=S(=O)(NC#N)c1ccc(CNC(=O)c2cn(C(C)C)c(C)c(-c3cccc(C(F)(F)F)c3)c2=O)c(F)c1. The Morgan fingerprint density at radius 2 is 1.89 bits per heavy atom. The summed E-state index contributed by atoms with van der Waals surface area (Å²) in [5.41, 5.74) is -1.69. The van der Waals surface area contributed by atoms with Crippen molar-refractivity contribution in [2.75, 3.05) is 0 Å². The monoisotopic (exact) mass is 548 g/mol. The quantitative estimate of drug-likeness (QED) is 0.196. The normalized spacial score (nSPS) is 13.0. The Balaban J connectivity index is 2.00. The fourth-order valence-corrected chi connectivity index (χ4v) is 4.74. The van der Waals surface area contributed by atoms with Crippen LogP contribution in [0.25, 0.3) is 11.1 Å². The van der Waals surface area contributed by atoms with Crippen LogP contribution >= 0.6 is 0 Å². The lowest BCUT2D eigenvalue weighted by atomic mass is 9.98. The van der Waals surface area contributed by atoms with Gasteiger partial charge in [0, 0.05) is 35.6 Å². The van der Waals surface area contributed by atoms with E-state index in [2.05, 4.69) is 11.2 Å². The van der Waals surface area contributed by atoms with Crippen molar-refractivity contribution in [3.05, 3.63) is 87.1 Å². The van der Waals surface area contributed by atoms with Crippen LogP contribution in [0.15, 0.2) is 58.4 Å². The first-order valence-corrected chi connectivity index (χ1v) is 12.9. The summed E-state index contributed by atoms with van der Waals surface area (Å²) in [6.07, 6.45) is -1.81. The standard InChI is InChI=1S/C26H24F4N4O3S/c1-15(2)34-13-21(24(35)23(16(34)3)17-6-5-7-19(10-17)26(28,29)30)25(36)32-12-18-8-9-20(11-22(18)27)38(4,37)33-14-31/h5-11,13,15H,4,12H2,1-3H3,(H,32,36)(H,33,37). The molecule has 2 N–H and O–H groups in total. The van der Waals surface area contributed by atoms with Crippen molar-refractivity contribution >= 4 is 21.5 Å². The number of alkyl halides is 3. The van der Waals surface area contributed by atoms with Gasteiger partial charge in [-0.3, -0.25) is 9.59 Å². The number of nitriles is 1. The van der Waals surface area contributed by atoms with Gasteiger partial charge in [-0.2, -0.15) is 18.4 Å². The maximum absolute atomic E-state index is 14.6. The molecule has 1 atom stereocenters. The van der Waals surface area contributed by atoms with E-state index in [1.165, 1.54) is 36.7 Å². The Hall–Kier alpha value is -4.11. The van der Waals surface area contributed by atoms with Crippen molar-refractivity contribution in [2.24, 2.45) is 0 Å². The number of carbonyl (C=O) groups is 1. The molecule has 200 valence electrons. The first-order valence-electron chi connectivity index (χ1n) is 11.2.